The summed E-state index contributed by atoms with van der Waals surface area (Å²) in [7, 11) is 1.35. The average Bonchev–Trinajstić information content (AvgIpc) is 2.48. The number of rotatable bonds is 2. The van der Waals surface area contributed by atoms with E-state index in [2.05, 4.69) is 22.6 Å². The Balaban J connectivity index is 2.38. The number of anilines is 1. The van der Waals surface area contributed by atoms with E-state index in [0.29, 0.717) is 17.7 Å². The van der Waals surface area contributed by atoms with Crippen LogP contribution in [0.5, 0.6) is 0 Å². The van der Waals surface area contributed by atoms with E-state index < -0.39 is 23.5 Å². The summed E-state index contributed by atoms with van der Waals surface area (Å²) < 4.78 is 52.5. The molecule has 2 aromatic carbocycles. The number of carbonyl (C=O) groups is 1. The Morgan fingerprint density at radius 3 is 2.35 bits per heavy atom. The molecule has 0 saturated heterocycles. The minimum Gasteiger partial charge on any atom is -0.311 e. The molecule has 0 atom stereocenters. The number of carbonyl (C=O) groups excluding carboxylic acids is 1. The summed E-state index contributed by atoms with van der Waals surface area (Å²) in [5.41, 5.74) is -0.0845. The fourth-order valence-corrected chi connectivity index (χ4v) is 2.49. The van der Waals surface area contributed by atoms with Crippen LogP contribution in [0.4, 0.5) is 23.2 Å². The zero-order valence-corrected chi connectivity index (χ0v) is 14.4. The molecular formula is C16H12F4INO. The van der Waals surface area contributed by atoms with Gasteiger partial charge in [0.1, 0.15) is 5.82 Å². The van der Waals surface area contributed by atoms with Crippen molar-refractivity contribution in [3.05, 3.63) is 62.5 Å². The van der Waals surface area contributed by atoms with Gasteiger partial charge in [-0.2, -0.15) is 13.2 Å². The van der Waals surface area contributed by atoms with Crippen LogP contribution >= 0.6 is 22.6 Å². The number of hydrogen-bond acceptors (Lipinski definition) is 1. The Morgan fingerprint density at radius 2 is 1.78 bits per heavy atom. The number of halogens is 5. The Morgan fingerprint density at radius 1 is 1.13 bits per heavy atom. The van der Waals surface area contributed by atoms with E-state index >= 15 is 0 Å². The van der Waals surface area contributed by atoms with E-state index in [-0.39, 0.29) is 5.69 Å². The quantitative estimate of drug-likeness (QED) is 0.477. The van der Waals surface area contributed by atoms with Gasteiger partial charge in [-0.15, -0.1) is 0 Å². The molecule has 0 radical (unpaired) electrons. The standard InChI is InChI=1S/C16H12F4INO/c1-9-3-4-10(7-14(9)21)15(23)22(2)11-5-6-13(17)12(8-11)16(18,19)20/h3-8H,1-2H3. The molecule has 0 aliphatic rings. The van der Waals surface area contributed by atoms with Crippen LogP contribution in [0, 0.1) is 16.3 Å². The molecule has 0 N–H and O–H groups in total. The molecule has 0 spiro atoms. The molecule has 122 valence electrons. The van der Waals surface area contributed by atoms with Gasteiger partial charge in [0, 0.05) is 21.9 Å². The Labute approximate surface area is 144 Å². The lowest BCUT2D eigenvalue weighted by Gasteiger charge is -2.19. The summed E-state index contributed by atoms with van der Waals surface area (Å²) in [5, 5.41) is 0. The maximum Gasteiger partial charge on any atom is 0.419 e. The first-order valence-corrected chi connectivity index (χ1v) is 7.60. The molecule has 0 bridgehead atoms. The molecule has 0 aliphatic heterocycles. The number of aryl methyl sites for hydroxylation is 1. The van der Waals surface area contributed by atoms with Crippen LogP contribution in [0.1, 0.15) is 21.5 Å². The minimum absolute atomic E-state index is 0.0284. The molecular weight excluding hydrogens is 425 g/mol. The van der Waals surface area contributed by atoms with Gasteiger partial charge in [0.05, 0.1) is 5.56 Å². The highest BCUT2D eigenvalue weighted by atomic mass is 127. The van der Waals surface area contributed by atoms with Gasteiger partial charge in [-0.1, -0.05) is 6.07 Å². The summed E-state index contributed by atoms with van der Waals surface area (Å²) >= 11 is 2.07. The van der Waals surface area contributed by atoms with Gasteiger partial charge in [-0.05, 0) is 65.4 Å². The van der Waals surface area contributed by atoms with Gasteiger partial charge in [0.15, 0.2) is 0 Å². The molecule has 2 aromatic rings. The average molecular weight is 437 g/mol. The molecule has 7 heteroatoms. The Hall–Kier alpha value is -1.64. The van der Waals surface area contributed by atoms with E-state index in [1.165, 1.54) is 7.05 Å². The van der Waals surface area contributed by atoms with Crippen LogP contribution in [-0.2, 0) is 6.18 Å². The van der Waals surface area contributed by atoms with Gasteiger partial charge in [0.25, 0.3) is 5.91 Å². The molecule has 0 unspecified atom stereocenters. The van der Waals surface area contributed by atoms with Crippen molar-refractivity contribution in [2.24, 2.45) is 0 Å². The monoisotopic (exact) mass is 437 g/mol. The molecule has 2 nitrogen and oxygen atoms in total. The van der Waals surface area contributed by atoms with Crippen LogP contribution in [0.3, 0.4) is 0 Å². The first kappa shape index (κ1) is 17.7. The van der Waals surface area contributed by atoms with Crippen molar-refractivity contribution in [2.75, 3.05) is 11.9 Å². The SMILES string of the molecule is Cc1ccc(C(=O)N(C)c2ccc(F)c(C(F)(F)F)c2)cc1I. The molecule has 0 heterocycles. The van der Waals surface area contributed by atoms with Crippen LogP contribution in [-0.4, -0.2) is 13.0 Å². The number of alkyl halides is 3. The van der Waals surface area contributed by atoms with Crippen molar-refractivity contribution < 1.29 is 22.4 Å². The largest absolute Gasteiger partial charge is 0.419 e. The number of benzene rings is 2. The van der Waals surface area contributed by atoms with Gasteiger partial charge in [-0.3, -0.25) is 4.79 Å². The second-order valence-electron chi connectivity index (χ2n) is 4.99. The summed E-state index contributed by atoms with van der Waals surface area (Å²) in [6, 6.07) is 7.50. The van der Waals surface area contributed by atoms with Gasteiger partial charge in [0.2, 0.25) is 0 Å². The highest BCUT2D eigenvalue weighted by Gasteiger charge is 2.34. The predicted molar refractivity (Wildman–Crippen MR) is 88.0 cm³/mol. The first-order chi connectivity index (χ1) is 10.6. The second kappa shape index (κ2) is 6.46. The van der Waals surface area contributed by atoms with Crippen LogP contribution < -0.4 is 4.90 Å². The zero-order chi connectivity index (χ0) is 17.4. The number of hydrogen-bond donors (Lipinski definition) is 0. The van der Waals surface area contributed by atoms with Gasteiger partial charge >= 0.3 is 6.18 Å². The second-order valence-corrected chi connectivity index (χ2v) is 6.15. The maximum atomic E-state index is 13.3. The Kier molecular flexibility index (Phi) is 4.98. The Bertz CT molecular complexity index is 758. The van der Waals surface area contributed by atoms with Crippen LogP contribution in [0.15, 0.2) is 36.4 Å². The predicted octanol–water partition coefficient (Wildman–Crippen LogP) is 5.03. The van der Waals surface area contributed by atoms with Crippen LogP contribution in [0.2, 0.25) is 0 Å². The first-order valence-electron chi connectivity index (χ1n) is 6.52. The summed E-state index contributed by atoms with van der Waals surface area (Å²) in [5.74, 6) is -1.84. The van der Waals surface area contributed by atoms with Crippen molar-refractivity contribution in [1.82, 2.24) is 0 Å². The van der Waals surface area contributed by atoms with E-state index in [9.17, 15) is 22.4 Å². The lowest BCUT2D eigenvalue weighted by molar-refractivity contribution is -0.139. The van der Waals surface area contributed by atoms with Crippen LogP contribution in [0.25, 0.3) is 0 Å². The van der Waals surface area contributed by atoms with Crippen molar-refractivity contribution in [3.63, 3.8) is 0 Å². The minimum atomic E-state index is -4.82. The molecule has 0 aromatic heterocycles. The third kappa shape index (κ3) is 3.82. The molecule has 0 saturated carbocycles. The lowest BCUT2D eigenvalue weighted by atomic mass is 10.1. The third-order valence-electron chi connectivity index (χ3n) is 3.37. The fraction of sp³-hybridized carbons (Fsp3) is 0.188. The van der Waals surface area contributed by atoms with E-state index in [4.69, 9.17) is 0 Å². The lowest BCUT2D eigenvalue weighted by Crippen LogP contribution is -2.27. The van der Waals surface area contributed by atoms with Crippen molar-refractivity contribution in [3.8, 4) is 0 Å². The molecule has 23 heavy (non-hydrogen) atoms. The van der Waals surface area contributed by atoms with E-state index in [1.54, 1.807) is 18.2 Å². The number of nitrogens with zero attached hydrogens (tertiary/aromatic N) is 1. The summed E-state index contributed by atoms with van der Waals surface area (Å²) in [6.45, 7) is 1.88. The van der Waals surface area contributed by atoms with E-state index in [0.717, 1.165) is 20.1 Å². The zero-order valence-electron chi connectivity index (χ0n) is 12.2. The molecule has 0 fully saturated rings. The molecule has 0 aliphatic carbocycles. The summed E-state index contributed by atoms with van der Waals surface area (Å²) in [6.07, 6.45) is -4.82. The fourth-order valence-electron chi connectivity index (χ4n) is 1.98. The highest BCUT2D eigenvalue weighted by molar-refractivity contribution is 14.1. The summed E-state index contributed by atoms with van der Waals surface area (Å²) in [4.78, 5) is 13.5. The third-order valence-corrected chi connectivity index (χ3v) is 4.53. The molecule has 2 rings (SSSR count). The van der Waals surface area contributed by atoms with Crippen molar-refractivity contribution in [1.29, 1.82) is 0 Å². The van der Waals surface area contributed by atoms with E-state index in [1.807, 2.05) is 6.92 Å². The topological polar surface area (TPSA) is 20.3 Å². The molecule has 1 amide bonds. The normalized spacial score (nSPS) is 11.4. The van der Waals surface area contributed by atoms with Gasteiger partial charge < -0.3 is 4.90 Å². The van der Waals surface area contributed by atoms with Crippen molar-refractivity contribution >= 4 is 34.2 Å². The smallest absolute Gasteiger partial charge is 0.311 e. The number of amides is 1. The van der Waals surface area contributed by atoms with Crippen molar-refractivity contribution in [2.45, 2.75) is 13.1 Å². The van der Waals surface area contributed by atoms with Gasteiger partial charge in [-0.25, -0.2) is 4.39 Å². The maximum absolute atomic E-state index is 13.3. The highest BCUT2D eigenvalue weighted by Crippen LogP contribution is 2.34.